The minimum atomic E-state index is -0.891. The van der Waals surface area contributed by atoms with Crippen molar-refractivity contribution in [2.45, 2.75) is 57.4 Å². The Labute approximate surface area is 148 Å². The monoisotopic (exact) mass is 351 g/mol. The SMILES string of the molecule is CCC1CCC(NC(=O)C(C)c2ccc(Cl)cc2)(C(=O)OC)CC1. The Morgan fingerprint density at radius 3 is 2.38 bits per heavy atom. The van der Waals surface area contributed by atoms with E-state index in [1.54, 1.807) is 12.1 Å². The maximum Gasteiger partial charge on any atom is 0.331 e. The first kappa shape index (κ1) is 18.8. The van der Waals surface area contributed by atoms with Gasteiger partial charge < -0.3 is 10.1 Å². The van der Waals surface area contributed by atoms with Crippen molar-refractivity contribution >= 4 is 23.5 Å². The fraction of sp³-hybridized carbons (Fsp3) is 0.579. The van der Waals surface area contributed by atoms with Crippen molar-refractivity contribution in [3.8, 4) is 0 Å². The molecule has 24 heavy (non-hydrogen) atoms. The van der Waals surface area contributed by atoms with Crippen molar-refractivity contribution < 1.29 is 14.3 Å². The standard InChI is InChI=1S/C19H26ClNO3/c1-4-14-9-11-19(12-10-14,18(23)24-3)21-17(22)13(2)15-5-7-16(20)8-6-15/h5-8,13-14H,4,9-12H2,1-3H3,(H,21,22). The van der Waals surface area contributed by atoms with E-state index in [1.807, 2.05) is 19.1 Å². The van der Waals surface area contributed by atoms with Gasteiger partial charge in [0.15, 0.2) is 0 Å². The molecule has 1 saturated carbocycles. The van der Waals surface area contributed by atoms with Crippen LogP contribution in [0.25, 0.3) is 0 Å². The Morgan fingerprint density at radius 1 is 1.29 bits per heavy atom. The number of amides is 1. The summed E-state index contributed by atoms with van der Waals surface area (Å²) in [5, 5.41) is 3.63. The summed E-state index contributed by atoms with van der Waals surface area (Å²) in [7, 11) is 1.38. The predicted molar refractivity (Wildman–Crippen MR) is 95.0 cm³/mol. The lowest BCUT2D eigenvalue weighted by molar-refractivity contribution is -0.153. The number of hydrogen-bond acceptors (Lipinski definition) is 3. The molecule has 1 aromatic rings. The van der Waals surface area contributed by atoms with Crippen LogP contribution in [-0.4, -0.2) is 24.5 Å². The van der Waals surface area contributed by atoms with Crippen LogP contribution in [0.4, 0.5) is 0 Å². The number of carbonyl (C=O) groups excluding carboxylic acids is 2. The minimum Gasteiger partial charge on any atom is -0.467 e. The van der Waals surface area contributed by atoms with Crippen LogP contribution in [0.1, 0.15) is 57.4 Å². The topological polar surface area (TPSA) is 55.4 Å². The van der Waals surface area contributed by atoms with E-state index in [-0.39, 0.29) is 17.8 Å². The molecule has 4 nitrogen and oxygen atoms in total. The van der Waals surface area contributed by atoms with E-state index >= 15 is 0 Å². The second-order valence-electron chi connectivity index (χ2n) is 6.69. The van der Waals surface area contributed by atoms with E-state index in [2.05, 4.69) is 12.2 Å². The zero-order chi connectivity index (χ0) is 17.7. The average molecular weight is 352 g/mol. The molecule has 0 spiro atoms. The molecule has 1 aromatic carbocycles. The number of carbonyl (C=O) groups is 2. The van der Waals surface area contributed by atoms with Crippen molar-refractivity contribution in [2.75, 3.05) is 7.11 Å². The highest BCUT2D eigenvalue weighted by molar-refractivity contribution is 6.30. The van der Waals surface area contributed by atoms with Gasteiger partial charge in [-0.15, -0.1) is 0 Å². The van der Waals surface area contributed by atoms with Crippen LogP contribution >= 0.6 is 11.6 Å². The van der Waals surface area contributed by atoms with Crippen LogP contribution in [0.15, 0.2) is 24.3 Å². The van der Waals surface area contributed by atoms with E-state index in [4.69, 9.17) is 16.3 Å². The van der Waals surface area contributed by atoms with Crippen molar-refractivity contribution in [3.05, 3.63) is 34.9 Å². The minimum absolute atomic E-state index is 0.155. The van der Waals surface area contributed by atoms with Gasteiger partial charge in [-0.25, -0.2) is 4.79 Å². The summed E-state index contributed by atoms with van der Waals surface area (Å²) in [6.07, 6.45) is 4.24. The number of rotatable bonds is 5. The highest BCUT2D eigenvalue weighted by atomic mass is 35.5. The zero-order valence-electron chi connectivity index (χ0n) is 14.6. The maximum atomic E-state index is 12.7. The molecule has 0 saturated heterocycles. The normalized spacial score (nSPS) is 24.9. The van der Waals surface area contributed by atoms with Gasteiger partial charge in [-0.3, -0.25) is 4.79 Å². The highest BCUT2D eigenvalue weighted by Gasteiger charge is 2.44. The Balaban J connectivity index is 2.13. The first-order valence-corrected chi connectivity index (χ1v) is 8.95. The molecule has 1 unspecified atom stereocenters. The molecule has 0 aliphatic heterocycles. The van der Waals surface area contributed by atoms with Gasteiger partial charge in [0.1, 0.15) is 5.54 Å². The van der Waals surface area contributed by atoms with Crippen molar-refractivity contribution in [3.63, 3.8) is 0 Å². The van der Waals surface area contributed by atoms with Crippen LogP contribution in [0.2, 0.25) is 5.02 Å². The summed E-state index contributed by atoms with van der Waals surface area (Å²) in [6, 6.07) is 7.21. The van der Waals surface area contributed by atoms with E-state index in [9.17, 15) is 9.59 Å². The smallest absolute Gasteiger partial charge is 0.331 e. The Bertz CT molecular complexity index is 577. The molecule has 0 heterocycles. The maximum absolute atomic E-state index is 12.7. The van der Waals surface area contributed by atoms with E-state index < -0.39 is 5.54 Å². The van der Waals surface area contributed by atoms with Crippen molar-refractivity contribution in [1.29, 1.82) is 0 Å². The van der Waals surface area contributed by atoms with Crippen molar-refractivity contribution in [1.82, 2.24) is 5.32 Å². The number of halogens is 1. The molecule has 1 amide bonds. The molecule has 1 aliphatic carbocycles. The molecule has 2 rings (SSSR count). The number of ether oxygens (including phenoxy) is 1. The fourth-order valence-corrected chi connectivity index (χ4v) is 3.53. The summed E-state index contributed by atoms with van der Waals surface area (Å²) in [5.41, 5.74) is -0.0165. The Morgan fingerprint density at radius 2 is 1.88 bits per heavy atom. The van der Waals surface area contributed by atoms with Gasteiger partial charge in [-0.2, -0.15) is 0 Å². The molecule has 0 radical (unpaired) electrons. The molecule has 0 bridgehead atoms. The third kappa shape index (κ3) is 4.10. The first-order valence-electron chi connectivity index (χ1n) is 8.57. The van der Waals surface area contributed by atoms with Gasteiger partial charge in [0, 0.05) is 5.02 Å². The third-order valence-electron chi connectivity index (χ3n) is 5.24. The summed E-state index contributed by atoms with van der Waals surface area (Å²) in [5.74, 6) is -0.229. The molecule has 1 aliphatic rings. The lowest BCUT2D eigenvalue weighted by Gasteiger charge is -2.38. The zero-order valence-corrected chi connectivity index (χ0v) is 15.4. The number of methoxy groups -OCH3 is 1. The molecule has 132 valence electrons. The van der Waals surface area contributed by atoms with Crippen LogP contribution < -0.4 is 5.32 Å². The van der Waals surface area contributed by atoms with Crippen molar-refractivity contribution in [2.24, 2.45) is 5.92 Å². The van der Waals surface area contributed by atoms with Crippen LogP contribution in [0.5, 0.6) is 0 Å². The highest BCUT2D eigenvalue weighted by Crippen LogP contribution is 2.35. The summed E-state index contributed by atoms with van der Waals surface area (Å²) >= 11 is 5.90. The molecule has 1 fully saturated rings. The lowest BCUT2D eigenvalue weighted by atomic mass is 9.75. The lowest BCUT2D eigenvalue weighted by Crippen LogP contribution is -2.57. The van der Waals surface area contributed by atoms with Gasteiger partial charge in [0.25, 0.3) is 0 Å². The van der Waals surface area contributed by atoms with E-state index in [0.717, 1.165) is 24.8 Å². The van der Waals surface area contributed by atoms with Crippen LogP contribution in [0.3, 0.4) is 0 Å². The molecule has 0 aromatic heterocycles. The molecule has 5 heteroatoms. The molecule has 1 atom stereocenters. The summed E-state index contributed by atoms with van der Waals surface area (Å²) in [6.45, 7) is 4.00. The molecular weight excluding hydrogens is 326 g/mol. The van der Waals surface area contributed by atoms with E-state index in [1.165, 1.54) is 7.11 Å². The average Bonchev–Trinajstić information content (AvgIpc) is 2.61. The van der Waals surface area contributed by atoms with Gasteiger partial charge in [-0.1, -0.05) is 37.1 Å². The number of hydrogen-bond donors (Lipinski definition) is 1. The van der Waals surface area contributed by atoms with Gasteiger partial charge in [0.2, 0.25) is 5.91 Å². The summed E-state index contributed by atoms with van der Waals surface area (Å²) in [4.78, 5) is 25.1. The van der Waals surface area contributed by atoms with Gasteiger partial charge in [0.05, 0.1) is 13.0 Å². The third-order valence-corrected chi connectivity index (χ3v) is 5.49. The quantitative estimate of drug-likeness (QED) is 0.813. The molecular formula is C19H26ClNO3. The first-order chi connectivity index (χ1) is 11.4. The number of benzene rings is 1. The summed E-state index contributed by atoms with van der Waals surface area (Å²) < 4.78 is 4.99. The molecule has 1 N–H and O–H groups in total. The van der Waals surface area contributed by atoms with Gasteiger partial charge in [-0.05, 0) is 56.2 Å². The number of esters is 1. The van der Waals surface area contributed by atoms with Gasteiger partial charge >= 0.3 is 5.97 Å². The predicted octanol–water partition coefficient (Wildman–Crippen LogP) is 4.07. The number of nitrogens with one attached hydrogen (secondary N) is 1. The second kappa shape index (κ2) is 8.02. The fourth-order valence-electron chi connectivity index (χ4n) is 3.40. The Hall–Kier alpha value is -1.55. The Kier molecular flexibility index (Phi) is 6.27. The van der Waals surface area contributed by atoms with Crippen LogP contribution in [0, 0.1) is 5.92 Å². The largest absolute Gasteiger partial charge is 0.467 e. The van der Waals surface area contributed by atoms with E-state index in [0.29, 0.717) is 23.8 Å². The van der Waals surface area contributed by atoms with Crippen LogP contribution in [-0.2, 0) is 14.3 Å². The second-order valence-corrected chi connectivity index (χ2v) is 7.12.